The molecule has 1 atom stereocenters. The van der Waals surface area contributed by atoms with Crippen molar-refractivity contribution in [1.29, 1.82) is 0 Å². The van der Waals surface area contributed by atoms with Gasteiger partial charge in [-0.25, -0.2) is 0 Å². The molecule has 0 bridgehead atoms. The van der Waals surface area contributed by atoms with Crippen molar-refractivity contribution in [3.8, 4) is 0 Å². The maximum absolute atomic E-state index is 12.6. The number of ketones is 2. The highest BCUT2D eigenvalue weighted by Crippen LogP contribution is 2.42. The normalized spacial score (nSPS) is 18.2. The van der Waals surface area contributed by atoms with Gasteiger partial charge in [0.1, 0.15) is 5.78 Å². The Morgan fingerprint density at radius 1 is 1.26 bits per heavy atom. The summed E-state index contributed by atoms with van der Waals surface area (Å²) in [6.45, 7) is 1.61. The topological polar surface area (TPSA) is 75.9 Å². The van der Waals surface area contributed by atoms with Gasteiger partial charge in [-0.3, -0.25) is 9.59 Å². The number of fused-ring (bicyclic) bond motifs is 1. The van der Waals surface area contributed by atoms with Gasteiger partial charge in [0.2, 0.25) is 0 Å². The van der Waals surface area contributed by atoms with E-state index in [-0.39, 0.29) is 11.6 Å². The van der Waals surface area contributed by atoms with E-state index in [1.165, 1.54) is 0 Å². The molecule has 1 aromatic carbocycles. The van der Waals surface area contributed by atoms with E-state index in [1.807, 2.05) is 30.5 Å². The third kappa shape index (κ3) is 3.08. The van der Waals surface area contributed by atoms with Crippen LogP contribution in [0.4, 0.5) is 0 Å². The summed E-state index contributed by atoms with van der Waals surface area (Å²) in [7, 11) is 0. The van der Waals surface area contributed by atoms with Crippen LogP contribution in [0, 0.1) is 5.41 Å². The number of benzene rings is 1. The number of aromatic nitrogens is 1. The van der Waals surface area contributed by atoms with E-state index in [0.29, 0.717) is 12.8 Å². The van der Waals surface area contributed by atoms with Gasteiger partial charge in [0.25, 0.3) is 0 Å². The van der Waals surface area contributed by atoms with Gasteiger partial charge < -0.3 is 10.7 Å². The van der Waals surface area contributed by atoms with Crippen molar-refractivity contribution >= 4 is 22.5 Å². The Kier molecular flexibility index (Phi) is 4.35. The average molecular weight is 312 g/mol. The number of rotatable bonds is 6. The fraction of sp³-hybridized carbons (Fsp3) is 0.474. The Bertz CT molecular complexity index is 726. The molecule has 1 aliphatic carbocycles. The molecule has 23 heavy (non-hydrogen) atoms. The summed E-state index contributed by atoms with van der Waals surface area (Å²) in [5.74, 6) is 0.148. The number of para-hydroxylation sites is 1. The quantitative estimate of drug-likeness (QED) is 0.860. The number of hydrogen-bond acceptors (Lipinski definition) is 3. The largest absolute Gasteiger partial charge is 0.361 e. The Balaban J connectivity index is 1.71. The number of nitrogens with one attached hydrogen (secondary N) is 1. The second-order valence-corrected chi connectivity index (χ2v) is 6.86. The average Bonchev–Trinajstić information content (AvgIpc) is 3.16. The predicted molar refractivity (Wildman–Crippen MR) is 91.2 cm³/mol. The molecule has 4 nitrogen and oxygen atoms in total. The molecule has 1 fully saturated rings. The molecule has 1 saturated carbocycles. The van der Waals surface area contributed by atoms with E-state index in [0.717, 1.165) is 42.1 Å². The molecule has 1 aliphatic rings. The highest BCUT2D eigenvalue weighted by Gasteiger charge is 2.40. The molecule has 2 aromatic rings. The molecule has 0 aliphatic heterocycles. The summed E-state index contributed by atoms with van der Waals surface area (Å²) < 4.78 is 0. The van der Waals surface area contributed by atoms with Crippen molar-refractivity contribution in [3.63, 3.8) is 0 Å². The van der Waals surface area contributed by atoms with E-state index in [9.17, 15) is 9.59 Å². The van der Waals surface area contributed by atoms with E-state index in [2.05, 4.69) is 4.98 Å². The van der Waals surface area contributed by atoms with Gasteiger partial charge in [-0.05, 0) is 37.8 Å². The van der Waals surface area contributed by atoms with Crippen LogP contribution in [0.25, 0.3) is 10.9 Å². The third-order valence-electron chi connectivity index (χ3n) is 5.35. The van der Waals surface area contributed by atoms with E-state index in [1.54, 1.807) is 6.92 Å². The fourth-order valence-corrected chi connectivity index (χ4v) is 3.82. The van der Waals surface area contributed by atoms with Gasteiger partial charge >= 0.3 is 0 Å². The lowest BCUT2D eigenvalue weighted by Crippen LogP contribution is -2.38. The summed E-state index contributed by atoms with van der Waals surface area (Å²) in [5, 5.41) is 1.11. The van der Waals surface area contributed by atoms with Crippen LogP contribution < -0.4 is 5.73 Å². The van der Waals surface area contributed by atoms with Crippen molar-refractivity contribution in [2.24, 2.45) is 11.1 Å². The van der Waals surface area contributed by atoms with E-state index < -0.39 is 11.5 Å². The van der Waals surface area contributed by atoms with E-state index >= 15 is 0 Å². The van der Waals surface area contributed by atoms with Crippen LogP contribution >= 0.6 is 0 Å². The number of carbonyl (C=O) groups excluding carboxylic acids is 2. The Labute approximate surface area is 136 Å². The minimum Gasteiger partial charge on any atom is -0.361 e. The van der Waals surface area contributed by atoms with Gasteiger partial charge in [0, 0.05) is 28.9 Å². The van der Waals surface area contributed by atoms with Crippen LogP contribution in [0.3, 0.4) is 0 Å². The summed E-state index contributed by atoms with van der Waals surface area (Å²) in [4.78, 5) is 27.8. The Morgan fingerprint density at radius 2 is 1.96 bits per heavy atom. The molecule has 1 aromatic heterocycles. The number of carbonyl (C=O) groups is 2. The van der Waals surface area contributed by atoms with Crippen LogP contribution in [-0.2, 0) is 16.0 Å². The van der Waals surface area contributed by atoms with Gasteiger partial charge in [-0.15, -0.1) is 0 Å². The molecule has 0 amide bonds. The van der Waals surface area contributed by atoms with Crippen LogP contribution in [0.1, 0.15) is 44.6 Å². The standard InChI is InChI=1S/C19H24N2O2/c1-13(22)19(8-4-5-9-19)11-18(23)16(20)10-14-12-21-17-7-3-2-6-15(14)17/h2-3,6-7,12,16,21H,4-5,8-11,20H2,1H3. The van der Waals surface area contributed by atoms with Crippen LogP contribution in [0.5, 0.6) is 0 Å². The first-order chi connectivity index (χ1) is 11.0. The molecule has 122 valence electrons. The Morgan fingerprint density at radius 3 is 2.65 bits per heavy atom. The number of H-pyrrole nitrogens is 1. The highest BCUT2D eigenvalue weighted by atomic mass is 16.1. The van der Waals surface area contributed by atoms with Crippen molar-refractivity contribution < 1.29 is 9.59 Å². The molecule has 0 spiro atoms. The third-order valence-corrected chi connectivity index (χ3v) is 5.35. The molecule has 0 saturated heterocycles. The zero-order valence-corrected chi connectivity index (χ0v) is 13.6. The minimum absolute atomic E-state index is 0.00683. The van der Waals surface area contributed by atoms with Gasteiger partial charge in [-0.2, -0.15) is 0 Å². The molecule has 0 radical (unpaired) electrons. The van der Waals surface area contributed by atoms with Crippen LogP contribution in [-0.4, -0.2) is 22.6 Å². The zero-order valence-electron chi connectivity index (χ0n) is 13.6. The molecule has 1 unspecified atom stereocenters. The Hall–Kier alpha value is -1.94. The monoisotopic (exact) mass is 312 g/mol. The minimum atomic E-state index is -0.550. The number of Topliss-reactive ketones (excluding diaryl/α,β-unsaturated/α-hetero) is 2. The zero-order chi connectivity index (χ0) is 16.4. The smallest absolute Gasteiger partial charge is 0.150 e. The SMILES string of the molecule is CC(=O)C1(CC(=O)C(N)Cc2c[nH]c3ccccc23)CCCC1. The molecular formula is C19H24N2O2. The van der Waals surface area contributed by atoms with Crippen LogP contribution in [0.15, 0.2) is 30.5 Å². The van der Waals surface area contributed by atoms with Crippen molar-refractivity contribution in [1.82, 2.24) is 4.98 Å². The first kappa shape index (κ1) is 15.9. The molecule has 3 N–H and O–H groups in total. The van der Waals surface area contributed by atoms with Crippen molar-refractivity contribution in [3.05, 3.63) is 36.0 Å². The van der Waals surface area contributed by atoms with E-state index in [4.69, 9.17) is 5.73 Å². The first-order valence-corrected chi connectivity index (χ1v) is 8.36. The molecule has 4 heteroatoms. The summed E-state index contributed by atoms with van der Waals surface area (Å²) >= 11 is 0. The first-order valence-electron chi connectivity index (χ1n) is 8.36. The predicted octanol–water partition coefficient (Wildman–Crippen LogP) is 3.15. The summed E-state index contributed by atoms with van der Waals surface area (Å²) in [6, 6.07) is 7.45. The number of nitrogens with two attached hydrogens (primary N) is 1. The fourth-order valence-electron chi connectivity index (χ4n) is 3.82. The van der Waals surface area contributed by atoms with Gasteiger partial charge in [0.15, 0.2) is 5.78 Å². The lowest BCUT2D eigenvalue weighted by molar-refractivity contribution is -0.132. The molecular weight excluding hydrogens is 288 g/mol. The summed E-state index contributed by atoms with van der Waals surface area (Å²) in [5.41, 5.74) is 7.83. The lowest BCUT2D eigenvalue weighted by Gasteiger charge is -2.26. The summed E-state index contributed by atoms with van der Waals surface area (Å²) in [6.07, 6.45) is 6.45. The lowest BCUT2D eigenvalue weighted by atomic mass is 9.76. The van der Waals surface area contributed by atoms with Gasteiger partial charge in [-0.1, -0.05) is 31.0 Å². The second kappa shape index (κ2) is 6.28. The number of aromatic amines is 1. The highest BCUT2D eigenvalue weighted by molar-refractivity contribution is 5.93. The van der Waals surface area contributed by atoms with Crippen molar-refractivity contribution in [2.45, 2.75) is 51.5 Å². The number of hydrogen-bond donors (Lipinski definition) is 2. The molecule has 1 heterocycles. The molecule has 3 rings (SSSR count). The van der Waals surface area contributed by atoms with Crippen LogP contribution in [0.2, 0.25) is 0 Å². The second-order valence-electron chi connectivity index (χ2n) is 6.86. The maximum atomic E-state index is 12.6. The van der Waals surface area contributed by atoms with Gasteiger partial charge in [0.05, 0.1) is 6.04 Å². The maximum Gasteiger partial charge on any atom is 0.150 e. The van der Waals surface area contributed by atoms with Crippen molar-refractivity contribution in [2.75, 3.05) is 0 Å².